The van der Waals surface area contributed by atoms with Gasteiger partial charge in [0, 0.05) is 0 Å². The van der Waals surface area contributed by atoms with Crippen LogP contribution in [0.15, 0.2) is 24.3 Å². The summed E-state index contributed by atoms with van der Waals surface area (Å²) in [5, 5.41) is 0. The largest absolute Gasteiger partial charge is 0.298 e. The fraction of sp³-hybridized carbons (Fsp3) is 0.250. The van der Waals surface area contributed by atoms with E-state index < -0.39 is 15.9 Å². The van der Waals surface area contributed by atoms with Gasteiger partial charge in [0.05, 0.1) is 0 Å². The number of hydrogen-bond acceptors (Lipinski definition) is 2. The summed E-state index contributed by atoms with van der Waals surface area (Å²) in [4.78, 5) is 0. The second-order valence-corrected chi connectivity index (χ2v) is 4.09. The molecule has 1 radical (unpaired) electrons. The van der Waals surface area contributed by atoms with Gasteiger partial charge in [0.1, 0.15) is 5.75 Å². The monoisotopic (exact) mass is 185 g/mol. The Morgan fingerprint density at radius 2 is 1.67 bits per heavy atom. The van der Waals surface area contributed by atoms with E-state index in [1.54, 1.807) is 24.3 Å². The molecule has 4 heteroatoms. The SMILES string of the molecule is Cc1ccc(CS([O])(=O)=O)cc1. The lowest BCUT2D eigenvalue weighted by Crippen LogP contribution is -1.99. The maximum Gasteiger partial charge on any atom is 0.298 e. The summed E-state index contributed by atoms with van der Waals surface area (Å²) in [6.45, 7) is 1.90. The molecule has 0 aromatic heterocycles. The minimum atomic E-state index is -4.14. The highest BCUT2D eigenvalue weighted by Gasteiger charge is 2.07. The highest BCUT2D eigenvalue weighted by Crippen LogP contribution is 2.06. The highest BCUT2D eigenvalue weighted by atomic mass is 32.2. The van der Waals surface area contributed by atoms with Gasteiger partial charge in [-0.05, 0) is 12.5 Å². The van der Waals surface area contributed by atoms with Crippen molar-refractivity contribution in [2.24, 2.45) is 0 Å². The molecule has 0 saturated heterocycles. The molecule has 0 amide bonds. The zero-order valence-electron chi connectivity index (χ0n) is 6.65. The van der Waals surface area contributed by atoms with Crippen molar-refractivity contribution in [3.05, 3.63) is 35.4 Å². The first kappa shape index (κ1) is 9.22. The van der Waals surface area contributed by atoms with Crippen LogP contribution in [0, 0.1) is 6.92 Å². The van der Waals surface area contributed by atoms with Gasteiger partial charge < -0.3 is 0 Å². The maximum absolute atomic E-state index is 10.3. The number of hydrogen-bond donors (Lipinski definition) is 0. The van der Waals surface area contributed by atoms with Crippen LogP contribution in [-0.2, 0) is 20.4 Å². The van der Waals surface area contributed by atoms with E-state index in [0.717, 1.165) is 5.56 Å². The van der Waals surface area contributed by atoms with Crippen LogP contribution in [0.2, 0.25) is 0 Å². The summed E-state index contributed by atoms with van der Waals surface area (Å²) in [7, 11) is -4.14. The number of benzene rings is 1. The second kappa shape index (κ2) is 3.25. The van der Waals surface area contributed by atoms with E-state index in [-0.39, 0.29) is 0 Å². The van der Waals surface area contributed by atoms with Crippen LogP contribution in [0.25, 0.3) is 0 Å². The van der Waals surface area contributed by atoms with E-state index in [9.17, 15) is 13.0 Å². The van der Waals surface area contributed by atoms with Gasteiger partial charge >= 0.3 is 0 Å². The Morgan fingerprint density at radius 3 is 2.08 bits per heavy atom. The summed E-state index contributed by atoms with van der Waals surface area (Å²) in [5.74, 6) is -0.423. The summed E-state index contributed by atoms with van der Waals surface area (Å²) < 4.78 is 31.0. The zero-order valence-corrected chi connectivity index (χ0v) is 7.47. The zero-order chi connectivity index (χ0) is 9.19. The average molecular weight is 185 g/mol. The first-order chi connectivity index (χ1) is 5.47. The van der Waals surface area contributed by atoms with Gasteiger partial charge in [-0.3, -0.25) is 0 Å². The molecule has 0 heterocycles. The fourth-order valence-corrected chi connectivity index (χ4v) is 1.49. The van der Waals surface area contributed by atoms with E-state index in [2.05, 4.69) is 0 Å². The third kappa shape index (κ3) is 3.02. The summed E-state index contributed by atoms with van der Waals surface area (Å²) >= 11 is 0. The van der Waals surface area contributed by atoms with Crippen LogP contribution in [-0.4, -0.2) is 8.42 Å². The Bertz CT molecular complexity index is 350. The van der Waals surface area contributed by atoms with Crippen LogP contribution in [0.4, 0.5) is 0 Å². The molecule has 0 fully saturated rings. The second-order valence-electron chi connectivity index (χ2n) is 2.69. The first-order valence-corrected chi connectivity index (χ1v) is 5.04. The molecule has 0 aliphatic carbocycles. The van der Waals surface area contributed by atoms with E-state index in [1.165, 1.54) is 0 Å². The number of aryl methyl sites for hydroxylation is 1. The topological polar surface area (TPSA) is 54.0 Å². The van der Waals surface area contributed by atoms with Crippen molar-refractivity contribution in [1.82, 2.24) is 0 Å². The molecule has 0 aliphatic rings. The molecule has 65 valence electrons. The molecule has 1 aromatic carbocycles. The van der Waals surface area contributed by atoms with Gasteiger partial charge in [-0.1, -0.05) is 34.4 Å². The molecule has 12 heavy (non-hydrogen) atoms. The third-order valence-corrected chi connectivity index (χ3v) is 2.15. The van der Waals surface area contributed by atoms with E-state index in [0.29, 0.717) is 5.56 Å². The molecule has 1 aromatic rings. The standard InChI is InChI=1S/C8H9O3S/c1-7-2-4-8(5-3-7)6-12(9,10)11/h2-5H,6H2,1H3. The molecule has 0 bridgehead atoms. The van der Waals surface area contributed by atoms with Crippen molar-refractivity contribution in [2.45, 2.75) is 12.7 Å². The van der Waals surface area contributed by atoms with E-state index in [1.807, 2.05) is 6.92 Å². The quantitative estimate of drug-likeness (QED) is 0.696. The summed E-state index contributed by atoms with van der Waals surface area (Å²) in [5.41, 5.74) is 1.58. The molecule has 0 spiro atoms. The Morgan fingerprint density at radius 1 is 1.17 bits per heavy atom. The van der Waals surface area contributed by atoms with Gasteiger partial charge in [-0.25, -0.2) is 0 Å². The van der Waals surface area contributed by atoms with Crippen LogP contribution < -0.4 is 0 Å². The predicted molar refractivity (Wildman–Crippen MR) is 44.5 cm³/mol. The Labute approximate surface area is 71.8 Å². The average Bonchev–Trinajstić information content (AvgIpc) is 1.91. The Kier molecular flexibility index (Phi) is 2.49. The molecular weight excluding hydrogens is 176 g/mol. The Balaban J connectivity index is 2.85. The van der Waals surface area contributed by atoms with Gasteiger partial charge in [0.15, 0.2) is 0 Å². The van der Waals surface area contributed by atoms with Crippen LogP contribution in [0.5, 0.6) is 0 Å². The minimum absolute atomic E-state index is 0.423. The molecule has 0 saturated carbocycles. The molecule has 0 N–H and O–H groups in total. The lowest BCUT2D eigenvalue weighted by molar-refractivity contribution is 0.413. The van der Waals surface area contributed by atoms with Crippen molar-refractivity contribution in [1.29, 1.82) is 0 Å². The molecule has 0 atom stereocenters. The molecule has 0 unspecified atom stereocenters. The fourth-order valence-electron chi connectivity index (χ4n) is 0.888. The van der Waals surface area contributed by atoms with Crippen molar-refractivity contribution in [2.75, 3.05) is 0 Å². The van der Waals surface area contributed by atoms with Gasteiger partial charge in [0.25, 0.3) is 10.1 Å². The molecule has 1 rings (SSSR count). The lowest BCUT2D eigenvalue weighted by Gasteiger charge is -1.96. The van der Waals surface area contributed by atoms with Crippen molar-refractivity contribution in [3.63, 3.8) is 0 Å². The number of rotatable bonds is 2. The van der Waals surface area contributed by atoms with Gasteiger partial charge in [-0.15, -0.1) is 0 Å². The highest BCUT2D eigenvalue weighted by molar-refractivity contribution is 7.84. The maximum atomic E-state index is 10.3. The predicted octanol–water partition coefficient (Wildman–Crippen LogP) is 1.26. The lowest BCUT2D eigenvalue weighted by atomic mass is 10.2. The molecular formula is C8H9O3S. The summed E-state index contributed by atoms with van der Waals surface area (Å²) in [6, 6.07) is 6.84. The molecule has 3 nitrogen and oxygen atoms in total. The first-order valence-electron chi connectivity index (χ1n) is 3.46. The van der Waals surface area contributed by atoms with Gasteiger partial charge in [-0.2, -0.15) is 8.42 Å². The van der Waals surface area contributed by atoms with Crippen LogP contribution >= 0.6 is 0 Å². The van der Waals surface area contributed by atoms with Gasteiger partial charge in [0.2, 0.25) is 0 Å². The van der Waals surface area contributed by atoms with Crippen LogP contribution in [0.1, 0.15) is 11.1 Å². The van der Waals surface area contributed by atoms with Crippen molar-refractivity contribution in [3.8, 4) is 0 Å². The van der Waals surface area contributed by atoms with E-state index in [4.69, 9.17) is 0 Å². The van der Waals surface area contributed by atoms with Crippen molar-refractivity contribution < 1.29 is 13.0 Å². The molecule has 0 aliphatic heterocycles. The summed E-state index contributed by atoms with van der Waals surface area (Å²) in [6.07, 6.45) is 0. The van der Waals surface area contributed by atoms with Crippen molar-refractivity contribution >= 4 is 10.1 Å². The minimum Gasteiger partial charge on any atom is -0.197 e. The normalized spacial score (nSPS) is 11.5. The third-order valence-electron chi connectivity index (χ3n) is 1.46. The van der Waals surface area contributed by atoms with E-state index >= 15 is 0 Å². The van der Waals surface area contributed by atoms with Crippen LogP contribution in [0.3, 0.4) is 0 Å². The Hall–Kier alpha value is -0.870. The smallest absolute Gasteiger partial charge is 0.197 e.